The summed E-state index contributed by atoms with van der Waals surface area (Å²) in [6.07, 6.45) is 1.85. The minimum atomic E-state index is -0.0202. The predicted molar refractivity (Wildman–Crippen MR) is 137 cm³/mol. The van der Waals surface area contributed by atoms with Crippen molar-refractivity contribution in [3.8, 4) is 5.69 Å². The molecule has 0 aliphatic carbocycles. The number of benzene rings is 2. The van der Waals surface area contributed by atoms with Crippen molar-refractivity contribution in [1.82, 2.24) is 19.8 Å². The van der Waals surface area contributed by atoms with Gasteiger partial charge in [0.25, 0.3) is 0 Å². The Morgan fingerprint density at radius 3 is 2.36 bits per heavy atom. The first kappa shape index (κ1) is 21.4. The lowest BCUT2D eigenvalue weighted by Crippen LogP contribution is -2.29. The third-order valence-electron chi connectivity index (χ3n) is 6.54. The molecule has 0 radical (unpaired) electrons. The molecule has 5 rings (SSSR count). The molecule has 5 heteroatoms. The summed E-state index contributed by atoms with van der Waals surface area (Å²) in [5, 5.41) is 4.35. The quantitative estimate of drug-likeness (QED) is 0.378. The Morgan fingerprint density at radius 2 is 1.64 bits per heavy atom. The first-order valence-electron chi connectivity index (χ1n) is 11.3. The van der Waals surface area contributed by atoms with Crippen LogP contribution in [0.15, 0.2) is 85.1 Å². The normalized spacial score (nSPS) is 17.9. The molecule has 4 nitrogen and oxygen atoms in total. The Hall–Kier alpha value is -3.44. The highest BCUT2D eigenvalue weighted by molar-refractivity contribution is 7.80. The number of hydrogen-bond donors (Lipinski definition) is 1. The number of rotatable bonds is 5. The standard InChI is InChI=1S/C28H28N4S/c1-19-11-7-8-15-25(19)32-20(2)17-23(21(32)3)27-26(24-14-9-10-16-29-24)30-28(33)31(27)18-22-12-5-4-6-13-22/h4-17,26-27H,18H2,1-3H3,(H,30,33). The summed E-state index contributed by atoms with van der Waals surface area (Å²) in [5.74, 6) is 0. The van der Waals surface area contributed by atoms with E-state index in [1.54, 1.807) is 0 Å². The fourth-order valence-electron chi connectivity index (χ4n) is 4.97. The summed E-state index contributed by atoms with van der Waals surface area (Å²) in [5.41, 5.74) is 8.44. The van der Waals surface area contributed by atoms with Crippen molar-refractivity contribution < 1.29 is 0 Å². The summed E-state index contributed by atoms with van der Waals surface area (Å²) >= 11 is 5.87. The molecule has 1 saturated heterocycles. The van der Waals surface area contributed by atoms with Gasteiger partial charge in [-0.2, -0.15) is 0 Å². The van der Waals surface area contributed by atoms with Crippen LogP contribution < -0.4 is 5.32 Å². The molecule has 0 spiro atoms. The monoisotopic (exact) mass is 452 g/mol. The zero-order valence-corrected chi connectivity index (χ0v) is 20.0. The van der Waals surface area contributed by atoms with Gasteiger partial charge in [-0.05, 0) is 73.9 Å². The average Bonchev–Trinajstić information content (AvgIpc) is 3.30. The van der Waals surface area contributed by atoms with E-state index in [0.29, 0.717) is 0 Å². The molecule has 1 fully saturated rings. The van der Waals surface area contributed by atoms with Gasteiger partial charge in [-0.15, -0.1) is 0 Å². The van der Waals surface area contributed by atoms with Crippen LogP contribution in [0.2, 0.25) is 0 Å². The van der Waals surface area contributed by atoms with Crippen molar-refractivity contribution >= 4 is 17.3 Å². The minimum absolute atomic E-state index is 0.0202. The van der Waals surface area contributed by atoms with Crippen molar-refractivity contribution in [2.75, 3.05) is 0 Å². The van der Waals surface area contributed by atoms with Gasteiger partial charge in [0, 0.05) is 29.8 Å². The molecular weight excluding hydrogens is 424 g/mol. The van der Waals surface area contributed by atoms with E-state index < -0.39 is 0 Å². The smallest absolute Gasteiger partial charge is 0.170 e. The topological polar surface area (TPSA) is 33.1 Å². The van der Waals surface area contributed by atoms with Crippen molar-refractivity contribution in [3.63, 3.8) is 0 Å². The average molecular weight is 453 g/mol. The first-order valence-corrected chi connectivity index (χ1v) is 11.7. The number of thiocarbonyl (C=S) groups is 1. The maximum atomic E-state index is 5.87. The predicted octanol–water partition coefficient (Wildman–Crippen LogP) is 5.97. The van der Waals surface area contributed by atoms with Gasteiger partial charge in [0.05, 0.1) is 17.8 Å². The summed E-state index contributed by atoms with van der Waals surface area (Å²) in [6.45, 7) is 7.31. The van der Waals surface area contributed by atoms with Gasteiger partial charge in [-0.25, -0.2) is 0 Å². The summed E-state index contributed by atoms with van der Waals surface area (Å²) in [6, 6.07) is 27.5. The van der Waals surface area contributed by atoms with Crippen molar-refractivity contribution in [3.05, 3.63) is 119 Å². The second-order valence-corrected chi connectivity index (χ2v) is 9.08. The highest BCUT2D eigenvalue weighted by Crippen LogP contribution is 2.42. The molecule has 2 aromatic heterocycles. The van der Waals surface area contributed by atoms with Gasteiger partial charge in [-0.1, -0.05) is 54.6 Å². The molecular formula is C28H28N4S. The molecule has 1 N–H and O–H groups in total. The van der Waals surface area contributed by atoms with E-state index >= 15 is 0 Å². The summed E-state index contributed by atoms with van der Waals surface area (Å²) in [7, 11) is 0. The Labute approximate surface area is 200 Å². The van der Waals surface area contributed by atoms with Crippen LogP contribution in [0.4, 0.5) is 0 Å². The minimum Gasteiger partial charge on any atom is -0.352 e. The van der Waals surface area contributed by atoms with E-state index in [9.17, 15) is 0 Å². The molecule has 2 aromatic carbocycles. The van der Waals surface area contributed by atoms with E-state index in [-0.39, 0.29) is 12.1 Å². The van der Waals surface area contributed by atoms with E-state index in [0.717, 1.165) is 17.4 Å². The van der Waals surface area contributed by atoms with Crippen LogP contribution in [-0.2, 0) is 6.54 Å². The third kappa shape index (κ3) is 3.93. The van der Waals surface area contributed by atoms with Crippen LogP contribution in [-0.4, -0.2) is 19.6 Å². The molecule has 2 atom stereocenters. The van der Waals surface area contributed by atoms with Crippen LogP contribution in [0.3, 0.4) is 0 Å². The SMILES string of the molecule is Cc1ccccc1-n1c(C)cc(C2C(c3ccccn3)NC(=S)N2Cc2ccccc2)c1C. The highest BCUT2D eigenvalue weighted by Gasteiger charge is 2.41. The van der Waals surface area contributed by atoms with Gasteiger partial charge < -0.3 is 14.8 Å². The number of nitrogens with zero attached hydrogens (tertiary/aromatic N) is 3. The van der Waals surface area contributed by atoms with Gasteiger partial charge in [0.2, 0.25) is 0 Å². The van der Waals surface area contributed by atoms with Crippen LogP contribution in [0.25, 0.3) is 5.69 Å². The Morgan fingerprint density at radius 1 is 0.909 bits per heavy atom. The van der Waals surface area contributed by atoms with Crippen molar-refractivity contribution in [2.45, 2.75) is 39.4 Å². The highest BCUT2D eigenvalue weighted by atomic mass is 32.1. The fraction of sp³-hybridized carbons (Fsp3) is 0.214. The Bertz CT molecular complexity index is 1280. The zero-order chi connectivity index (χ0) is 22.9. The van der Waals surface area contributed by atoms with Crippen LogP contribution in [0.5, 0.6) is 0 Å². The molecule has 33 heavy (non-hydrogen) atoms. The molecule has 0 saturated carbocycles. The molecule has 0 bridgehead atoms. The van der Waals surface area contributed by atoms with Crippen LogP contribution in [0, 0.1) is 20.8 Å². The first-order chi connectivity index (χ1) is 16.0. The summed E-state index contributed by atoms with van der Waals surface area (Å²) in [4.78, 5) is 7.00. The maximum Gasteiger partial charge on any atom is 0.170 e. The molecule has 0 amide bonds. The maximum absolute atomic E-state index is 5.87. The van der Waals surface area contributed by atoms with E-state index in [1.807, 2.05) is 24.4 Å². The fourth-order valence-corrected chi connectivity index (χ4v) is 5.27. The van der Waals surface area contributed by atoms with Gasteiger partial charge >= 0.3 is 0 Å². The number of para-hydroxylation sites is 1. The second-order valence-electron chi connectivity index (χ2n) is 8.69. The number of pyridine rings is 1. The molecule has 166 valence electrons. The molecule has 1 aliphatic rings. The summed E-state index contributed by atoms with van der Waals surface area (Å²) < 4.78 is 2.36. The lowest BCUT2D eigenvalue weighted by atomic mass is 9.96. The molecule has 3 heterocycles. The molecule has 4 aromatic rings. The number of aromatic nitrogens is 2. The Kier molecular flexibility index (Phi) is 5.73. The van der Waals surface area contributed by atoms with Gasteiger partial charge in [-0.3, -0.25) is 4.98 Å². The van der Waals surface area contributed by atoms with Gasteiger partial charge in [0.1, 0.15) is 0 Å². The van der Waals surface area contributed by atoms with E-state index in [2.05, 4.69) is 101 Å². The molecule has 2 unspecified atom stereocenters. The lowest BCUT2D eigenvalue weighted by Gasteiger charge is -2.28. The lowest BCUT2D eigenvalue weighted by molar-refractivity contribution is 0.310. The second kappa shape index (κ2) is 8.83. The number of hydrogen-bond acceptors (Lipinski definition) is 2. The van der Waals surface area contributed by atoms with Crippen molar-refractivity contribution in [2.24, 2.45) is 0 Å². The van der Waals surface area contributed by atoms with Crippen LogP contribution in [0.1, 0.15) is 45.9 Å². The van der Waals surface area contributed by atoms with E-state index in [1.165, 1.54) is 33.8 Å². The zero-order valence-electron chi connectivity index (χ0n) is 19.2. The van der Waals surface area contributed by atoms with E-state index in [4.69, 9.17) is 12.2 Å². The third-order valence-corrected chi connectivity index (χ3v) is 6.89. The Balaban J connectivity index is 1.63. The molecule has 1 aliphatic heterocycles. The van der Waals surface area contributed by atoms with Crippen LogP contribution >= 0.6 is 12.2 Å². The number of nitrogens with one attached hydrogen (secondary N) is 1. The van der Waals surface area contributed by atoms with Crippen molar-refractivity contribution in [1.29, 1.82) is 0 Å². The van der Waals surface area contributed by atoms with Gasteiger partial charge in [0.15, 0.2) is 5.11 Å². The number of aryl methyl sites for hydroxylation is 2. The largest absolute Gasteiger partial charge is 0.352 e.